The van der Waals surface area contributed by atoms with Gasteiger partial charge in [0.05, 0.1) is 23.6 Å². The minimum atomic E-state index is -3.45. The highest BCUT2D eigenvalue weighted by Crippen LogP contribution is 2.26. The first-order valence-corrected chi connectivity index (χ1v) is 8.50. The van der Waals surface area contributed by atoms with E-state index >= 15 is 0 Å². The van der Waals surface area contributed by atoms with E-state index in [4.69, 9.17) is 4.74 Å². The average molecular weight is 322 g/mol. The molecule has 22 heavy (non-hydrogen) atoms. The molecule has 0 saturated carbocycles. The van der Waals surface area contributed by atoms with Gasteiger partial charge in [-0.2, -0.15) is 0 Å². The number of para-hydroxylation sites is 1. The molecule has 0 aliphatic carbocycles. The number of carbonyl (C=O) groups excluding carboxylic acids is 1. The number of pyridine rings is 1. The Kier molecular flexibility index (Phi) is 4.65. The SMILES string of the molecule is COc1cc(NC(=O)CS(=O)(=O)C(C)C)c2ccccc2n1. The van der Waals surface area contributed by atoms with Crippen molar-refractivity contribution in [2.24, 2.45) is 0 Å². The first-order valence-electron chi connectivity index (χ1n) is 6.78. The number of hydrogen-bond donors (Lipinski definition) is 1. The molecule has 1 aromatic heterocycles. The van der Waals surface area contributed by atoms with E-state index in [0.717, 1.165) is 5.39 Å². The number of hydrogen-bond acceptors (Lipinski definition) is 5. The van der Waals surface area contributed by atoms with Gasteiger partial charge < -0.3 is 10.1 Å². The van der Waals surface area contributed by atoms with Gasteiger partial charge in [0.25, 0.3) is 0 Å². The molecule has 1 amide bonds. The van der Waals surface area contributed by atoms with Crippen molar-refractivity contribution in [1.82, 2.24) is 4.98 Å². The van der Waals surface area contributed by atoms with Gasteiger partial charge in [0.1, 0.15) is 5.75 Å². The summed E-state index contributed by atoms with van der Waals surface area (Å²) >= 11 is 0. The molecule has 0 radical (unpaired) electrons. The summed E-state index contributed by atoms with van der Waals surface area (Å²) in [5.74, 6) is -0.781. The number of anilines is 1. The van der Waals surface area contributed by atoms with E-state index in [2.05, 4.69) is 10.3 Å². The molecule has 0 bridgehead atoms. The molecule has 1 heterocycles. The molecule has 0 atom stereocenters. The predicted molar refractivity (Wildman–Crippen MR) is 85.8 cm³/mol. The van der Waals surface area contributed by atoms with Crippen molar-refractivity contribution in [2.45, 2.75) is 19.1 Å². The lowest BCUT2D eigenvalue weighted by molar-refractivity contribution is -0.113. The number of fused-ring (bicyclic) bond motifs is 1. The molecule has 0 fully saturated rings. The fourth-order valence-corrected chi connectivity index (χ4v) is 2.67. The Hall–Kier alpha value is -2.15. The maximum atomic E-state index is 12.0. The molecule has 7 heteroatoms. The summed E-state index contributed by atoms with van der Waals surface area (Å²) in [4.78, 5) is 16.3. The number of benzene rings is 1. The van der Waals surface area contributed by atoms with Gasteiger partial charge in [0.15, 0.2) is 9.84 Å². The fraction of sp³-hybridized carbons (Fsp3) is 0.333. The van der Waals surface area contributed by atoms with Gasteiger partial charge >= 0.3 is 0 Å². The Morgan fingerprint density at radius 2 is 2.00 bits per heavy atom. The summed E-state index contributed by atoms with van der Waals surface area (Å²) in [5, 5.41) is 2.76. The zero-order valence-corrected chi connectivity index (χ0v) is 13.5. The van der Waals surface area contributed by atoms with Gasteiger partial charge in [-0.1, -0.05) is 18.2 Å². The molecule has 2 rings (SSSR count). The van der Waals surface area contributed by atoms with Crippen molar-refractivity contribution in [3.05, 3.63) is 30.3 Å². The second-order valence-electron chi connectivity index (χ2n) is 5.13. The largest absolute Gasteiger partial charge is 0.481 e. The van der Waals surface area contributed by atoms with Crippen LogP contribution in [0.4, 0.5) is 5.69 Å². The zero-order valence-electron chi connectivity index (χ0n) is 12.7. The summed E-state index contributed by atoms with van der Waals surface area (Å²) < 4.78 is 28.7. The van der Waals surface area contributed by atoms with Crippen LogP contribution in [0.3, 0.4) is 0 Å². The van der Waals surface area contributed by atoms with E-state index in [1.54, 1.807) is 32.0 Å². The number of sulfone groups is 1. The number of methoxy groups -OCH3 is 1. The topological polar surface area (TPSA) is 85.4 Å². The Balaban J connectivity index is 2.33. The minimum absolute atomic E-state index is 0.348. The number of ether oxygens (including phenoxy) is 1. The van der Waals surface area contributed by atoms with E-state index < -0.39 is 26.7 Å². The molecule has 2 aromatic rings. The van der Waals surface area contributed by atoms with Crippen LogP contribution in [-0.4, -0.2) is 37.4 Å². The highest BCUT2D eigenvalue weighted by Gasteiger charge is 2.21. The maximum Gasteiger partial charge on any atom is 0.239 e. The lowest BCUT2D eigenvalue weighted by Crippen LogP contribution is -2.28. The van der Waals surface area contributed by atoms with Crippen LogP contribution in [0, 0.1) is 0 Å². The minimum Gasteiger partial charge on any atom is -0.481 e. The van der Waals surface area contributed by atoms with E-state index in [9.17, 15) is 13.2 Å². The summed E-state index contributed by atoms with van der Waals surface area (Å²) in [6.45, 7) is 3.10. The quantitative estimate of drug-likeness (QED) is 0.910. The van der Waals surface area contributed by atoms with Crippen molar-refractivity contribution >= 4 is 32.3 Å². The molecule has 0 aliphatic heterocycles. The first kappa shape index (κ1) is 16.2. The zero-order chi connectivity index (χ0) is 16.3. The number of nitrogens with zero attached hydrogens (tertiary/aromatic N) is 1. The number of rotatable bonds is 5. The van der Waals surface area contributed by atoms with Crippen molar-refractivity contribution in [3.63, 3.8) is 0 Å². The molecule has 6 nitrogen and oxygen atoms in total. The van der Waals surface area contributed by atoms with Gasteiger partial charge in [-0.25, -0.2) is 13.4 Å². The van der Waals surface area contributed by atoms with Gasteiger partial charge in [0.2, 0.25) is 11.8 Å². The number of carbonyl (C=O) groups is 1. The van der Waals surface area contributed by atoms with Crippen LogP contribution >= 0.6 is 0 Å². The average Bonchev–Trinajstić information content (AvgIpc) is 2.46. The number of nitrogens with one attached hydrogen (secondary N) is 1. The standard InChI is InChI=1S/C15H18N2O4S/c1-10(2)22(19,20)9-14(18)16-13-8-15(21-3)17-12-7-5-4-6-11(12)13/h4-8,10H,9H2,1-3H3,(H,16,17,18). The van der Waals surface area contributed by atoms with Gasteiger partial charge in [-0.15, -0.1) is 0 Å². The van der Waals surface area contributed by atoms with Gasteiger partial charge in [0, 0.05) is 11.5 Å². The van der Waals surface area contributed by atoms with Crippen molar-refractivity contribution in [3.8, 4) is 5.88 Å². The highest BCUT2D eigenvalue weighted by atomic mass is 32.2. The van der Waals surface area contributed by atoms with E-state index in [-0.39, 0.29) is 0 Å². The molecule has 0 spiro atoms. The summed E-state index contributed by atoms with van der Waals surface area (Å²) in [6.07, 6.45) is 0. The molecule has 1 N–H and O–H groups in total. The summed E-state index contributed by atoms with van der Waals surface area (Å²) in [6, 6.07) is 8.80. The van der Waals surface area contributed by atoms with Crippen LogP contribution in [0.2, 0.25) is 0 Å². The van der Waals surface area contributed by atoms with Gasteiger partial charge in [-0.05, 0) is 19.9 Å². The lowest BCUT2D eigenvalue weighted by atomic mass is 10.2. The Morgan fingerprint density at radius 1 is 1.32 bits per heavy atom. The molecular weight excluding hydrogens is 304 g/mol. The molecule has 0 aliphatic rings. The van der Waals surface area contributed by atoms with Crippen LogP contribution in [-0.2, 0) is 14.6 Å². The predicted octanol–water partition coefficient (Wildman–Crippen LogP) is 2.01. The molecule has 0 saturated heterocycles. The Bertz CT molecular complexity index is 800. The van der Waals surface area contributed by atoms with Crippen LogP contribution < -0.4 is 10.1 Å². The molecule has 1 aromatic carbocycles. The van der Waals surface area contributed by atoms with Crippen molar-refractivity contribution < 1.29 is 17.9 Å². The monoisotopic (exact) mass is 322 g/mol. The first-order chi connectivity index (χ1) is 10.3. The number of amides is 1. The van der Waals surface area contributed by atoms with E-state index in [1.807, 2.05) is 12.1 Å². The summed E-state index contributed by atoms with van der Waals surface area (Å²) in [5.41, 5.74) is 1.13. The van der Waals surface area contributed by atoms with Crippen molar-refractivity contribution in [1.29, 1.82) is 0 Å². The Morgan fingerprint density at radius 3 is 2.64 bits per heavy atom. The normalized spacial score (nSPS) is 11.6. The summed E-state index contributed by atoms with van der Waals surface area (Å²) in [7, 11) is -1.97. The third-order valence-electron chi connectivity index (χ3n) is 3.23. The van der Waals surface area contributed by atoms with Crippen LogP contribution in [0.1, 0.15) is 13.8 Å². The van der Waals surface area contributed by atoms with Crippen molar-refractivity contribution in [2.75, 3.05) is 18.2 Å². The fourth-order valence-electron chi connectivity index (χ4n) is 1.89. The molecule has 118 valence electrons. The highest BCUT2D eigenvalue weighted by molar-refractivity contribution is 7.92. The van der Waals surface area contributed by atoms with E-state index in [1.165, 1.54) is 7.11 Å². The third kappa shape index (κ3) is 3.54. The molecule has 0 unspecified atom stereocenters. The second kappa shape index (κ2) is 6.31. The maximum absolute atomic E-state index is 12.0. The number of aromatic nitrogens is 1. The Labute approximate surface area is 129 Å². The van der Waals surface area contributed by atoms with Crippen LogP contribution in [0.25, 0.3) is 10.9 Å². The van der Waals surface area contributed by atoms with E-state index in [0.29, 0.717) is 17.1 Å². The van der Waals surface area contributed by atoms with Crippen LogP contribution in [0.5, 0.6) is 5.88 Å². The smallest absolute Gasteiger partial charge is 0.239 e. The second-order valence-corrected chi connectivity index (χ2v) is 7.69. The van der Waals surface area contributed by atoms with Gasteiger partial charge in [-0.3, -0.25) is 4.79 Å². The van der Waals surface area contributed by atoms with Crippen LogP contribution in [0.15, 0.2) is 30.3 Å². The third-order valence-corrected chi connectivity index (χ3v) is 5.33. The molecular formula is C15H18N2O4S. The lowest BCUT2D eigenvalue weighted by Gasteiger charge is -2.11.